The van der Waals surface area contributed by atoms with Crippen LogP contribution in [0, 0.1) is 0 Å². The Morgan fingerprint density at radius 1 is 2.00 bits per heavy atom. The van der Waals surface area contributed by atoms with Crippen molar-refractivity contribution in [2.45, 2.75) is 6.23 Å². The highest BCUT2D eigenvalue weighted by molar-refractivity contribution is 5.79. The number of hydrogen-bond acceptors (Lipinski definition) is 3. The van der Waals surface area contributed by atoms with Gasteiger partial charge in [-0.25, -0.2) is 0 Å². The lowest BCUT2D eigenvalue weighted by Gasteiger charge is -1.71. The topological polar surface area (TPSA) is 77.6 Å². The minimum Gasteiger partial charge on any atom is -0.366 e. The maximum absolute atomic E-state index is 9.80. The molecule has 0 saturated carbocycles. The standard InChI is InChI=1S/C2H4N2O2/c3-1(5)2-4-6-2/h2,4H,(H2,3,5). The lowest BCUT2D eigenvalue weighted by Crippen LogP contribution is -2.19. The van der Waals surface area contributed by atoms with Gasteiger partial charge in [0.25, 0.3) is 5.91 Å². The largest absolute Gasteiger partial charge is 0.366 e. The highest BCUT2D eigenvalue weighted by Gasteiger charge is 2.27. The van der Waals surface area contributed by atoms with Crippen molar-refractivity contribution >= 4 is 5.91 Å². The zero-order chi connectivity index (χ0) is 4.57. The van der Waals surface area contributed by atoms with Gasteiger partial charge in [-0.05, 0) is 0 Å². The predicted molar refractivity (Wildman–Crippen MR) is 17.2 cm³/mol. The quantitative estimate of drug-likeness (QED) is 0.376. The smallest absolute Gasteiger partial charge is 0.265 e. The van der Waals surface area contributed by atoms with E-state index in [1.807, 2.05) is 0 Å². The third-order valence-corrected chi connectivity index (χ3v) is 0.494. The highest BCUT2D eigenvalue weighted by Crippen LogP contribution is 1.94. The molecule has 0 aromatic carbocycles. The lowest BCUT2D eigenvalue weighted by molar-refractivity contribution is -0.119. The molecule has 1 saturated heterocycles. The number of amides is 1. The minimum atomic E-state index is -0.509. The van der Waals surface area contributed by atoms with Crippen molar-refractivity contribution in [3.8, 4) is 0 Å². The van der Waals surface area contributed by atoms with Gasteiger partial charge in [0, 0.05) is 0 Å². The van der Waals surface area contributed by atoms with Crippen LogP contribution in [0.25, 0.3) is 0 Å². The molecule has 0 bridgehead atoms. The fourth-order valence-electron chi connectivity index (χ4n) is 0.150. The normalized spacial score (nSPS) is 29.7. The molecule has 1 aliphatic rings. The Kier molecular flexibility index (Phi) is 0.551. The Morgan fingerprint density at radius 2 is 2.50 bits per heavy atom. The number of nitrogens with two attached hydrogens (primary N) is 1. The summed E-state index contributed by atoms with van der Waals surface area (Å²) in [6.07, 6.45) is -0.509. The summed E-state index contributed by atoms with van der Waals surface area (Å²) in [6, 6.07) is 0. The fraction of sp³-hybridized carbons (Fsp3) is 0.500. The molecular weight excluding hydrogens is 84.0 g/mol. The summed E-state index contributed by atoms with van der Waals surface area (Å²) >= 11 is 0. The number of carbonyl (C=O) groups excluding carboxylic acids is 1. The maximum Gasteiger partial charge on any atom is 0.265 e. The second-order valence-corrected chi connectivity index (χ2v) is 1.02. The molecule has 1 aliphatic heterocycles. The Bertz CT molecular complexity index is 77.6. The maximum atomic E-state index is 9.80. The van der Waals surface area contributed by atoms with Gasteiger partial charge in [0.15, 0.2) is 0 Å². The number of nitrogens with one attached hydrogen (secondary N) is 1. The van der Waals surface area contributed by atoms with Gasteiger partial charge in [-0.15, -0.1) is 0 Å². The molecule has 0 spiro atoms. The van der Waals surface area contributed by atoms with Crippen molar-refractivity contribution < 1.29 is 9.63 Å². The molecule has 4 nitrogen and oxygen atoms in total. The van der Waals surface area contributed by atoms with Gasteiger partial charge in [0.1, 0.15) is 0 Å². The van der Waals surface area contributed by atoms with E-state index in [2.05, 4.69) is 16.1 Å². The van der Waals surface area contributed by atoms with Crippen molar-refractivity contribution in [2.24, 2.45) is 5.73 Å². The van der Waals surface area contributed by atoms with E-state index >= 15 is 0 Å². The van der Waals surface area contributed by atoms with Crippen molar-refractivity contribution in [2.75, 3.05) is 0 Å². The first-order chi connectivity index (χ1) is 2.80. The summed E-state index contributed by atoms with van der Waals surface area (Å²) in [6.45, 7) is 0. The molecule has 1 heterocycles. The molecule has 6 heavy (non-hydrogen) atoms. The van der Waals surface area contributed by atoms with Gasteiger partial charge in [-0.1, -0.05) is 0 Å². The number of primary amides is 1. The number of carbonyl (C=O) groups is 1. The van der Waals surface area contributed by atoms with Crippen LogP contribution in [0.4, 0.5) is 0 Å². The van der Waals surface area contributed by atoms with E-state index in [1.165, 1.54) is 0 Å². The average Bonchev–Trinajstić information content (AvgIpc) is 2.06. The van der Waals surface area contributed by atoms with E-state index in [0.717, 1.165) is 0 Å². The van der Waals surface area contributed by atoms with Crippen LogP contribution in [-0.4, -0.2) is 12.1 Å². The second kappa shape index (κ2) is 0.924. The predicted octanol–water partition coefficient (Wildman–Crippen LogP) is -1.67. The molecular formula is C2H4N2O2. The van der Waals surface area contributed by atoms with Crippen molar-refractivity contribution in [3.63, 3.8) is 0 Å². The summed E-state index contributed by atoms with van der Waals surface area (Å²) in [5.41, 5.74) is 6.93. The molecule has 1 atom stereocenters. The third kappa shape index (κ3) is 0.474. The van der Waals surface area contributed by atoms with Crippen LogP contribution in [0.3, 0.4) is 0 Å². The van der Waals surface area contributed by atoms with Gasteiger partial charge >= 0.3 is 0 Å². The molecule has 0 radical (unpaired) electrons. The number of hydroxylamine groups is 1. The van der Waals surface area contributed by atoms with Gasteiger partial charge in [0.05, 0.1) is 0 Å². The van der Waals surface area contributed by atoms with Gasteiger partial charge in [0.2, 0.25) is 6.23 Å². The monoisotopic (exact) mass is 88.0 g/mol. The van der Waals surface area contributed by atoms with Crippen molar-refractivity contribution in [1.29, 1.82) is 0 Å². The molecule has 34 valence electrons. The summed E-state index contributed by atoms with van der Waals surface area (Å²) in [7, 11) is 0. The van der Waals surface area contributed by atoms with E-state index in [0.29, 0.717) is 0 Å². The highest BCUT2D eigenvalue weighted by atomic mass is 16.8. The zero-order valence-corrected chi connectivity index (χ0v) is 2.97. The molecule has 3 N–H and O–H groups in total. The molecule has 1 fully saturated rings. The first-order valence-corrected chi connectivity index (χ1v) is 1.51. The van der Waals surface area contributed by atoms with Crippen LogP contribution in [-0.2, 0) is 9.63 Å². The zero-order valence-electron chi connectivity index (χ0n) is 2.97. The summed E-state index contributed by atoms with van der Waals surface area (Å²) < 4.78 is 0. The number of hydrogen-bond donors (Lipinski definition) is 2. The molecule has 0 aromatic heterocycles. The second-order valence-electron chi connectivity index (χ2n) is 1.02. The van der Waals surface area contributed by atoms with Crippen molar-refractivity contribution in [1.82, 2.24) is 5.48 Å². The van der Waals surface area contributed by atoms with Gasteiger partial charge in [-0.3, -0.25) is 9.63 Å². The summed E-state index contributed by atoms with van der Waals surface area (Å²) in [5, 5.41) is 0. The molecule has 0 aromatic rings. The molecule has 1 rings (SSSR count). The van der Waals surface area contributed by atoms with Gasteiger partial charge in [-0.2, -0.15) is 5.48 Å². The van der Waals surface area contributed by atoms with E-state index in [9.17, 15) is 4.79 Å². The molecule has 4 heteroatoms. The Labute approximate surface area is 34.2 Å². The molecule has 0 aliphatic carbocycles. The fourth-order valence-corrected chi connectivity index (χ4v) is 0.150. The van der Waals surface area contributed by atoms with Crippen LogP contribution in [0.5, 0.6) is 0 Å². The van der Waals surface area contributed by atoms with Crippen LogP contribution >= 0.6 is 0 Å². The number of rotatable bonds is 1. The van der Waals surface area contributed by atoms with E-state index < -0.39 is 12.1 Å². The Morgan fingerprint density at radius 3 is 2.50 bits per heavy atom. The van der Waals surface area contributed by atoms with Crippen LogP contribution in [0.2, 0.25) is 0 Å². The SMILES string of the molecule is NC(=O)C1NO1. The first-order valence-electron chi connectivity index (χ1n) is 1.51. The summed E-state index contributed by atoms with van der Waals surface area (Å²) in [4.78, 5) is 14.0. The third-order valence-electron chi connectivity index (χ3n) is 0.494. The average molecular weight is 88.1 g/mol. The minimum absolute atomic E-state index is 0.463. The lowest BCUT2D eigenvalue weighted by atomic mass is 10.6. The summed E-state index contributed by atoms with van der Waals surface area (Å²) in [5.74, 6) is -0.463. The molecule has 1 unspecified atom stereocenters. The Hall–Kier alpha value is -0.610. The Balaban J connectivity index is 2.31. The van der Waals surface area contributed by atoms with Gasteiger partial charge < -0.3 is 5.73 Å². The van der Waals surface area contributed by atoms with E-state index in [1.54, 1.807) is 0 Å². The molecule has 1 amide bonds. The van der Waals surface area contributed by atoms with E-state index in [4.69, 9.17) is 0 Å². The van der Waals surface area contributed by atoms with E-state index in [-0.39, 0.29) is 0 Å². The van der Waals surface area contributed by atoms with Crippen LogP contribution < -0.4 is 11.2 Å². The van der Waals surface area contributed by atoms with Crippen molar-refractivity contribution in [3.05, 3.63) is 0 Å². The van der Waals surface area contributed by atoms with Crippen LogP contribution in [0.1, 0.15) is 0 Å². The first kappa shape index (κ1) is 3.58. The van der Waals surface area contributed by atoms with Crippen LogP contribution in [0.15, 0.2) is 0 Å².